The maximum Gasteiger partial charge on any atom is 0.235 e. The van der Waals surface area contributed by atoms with E-state index in [-0.39, 0.29) is 11.1 Å². The number of nitrogens with zero attached hydrogens (tertiary/aromatic N) is 1. The minimum absolute atomic E-state index is 0.183. The van der Waals surface area contributed by atoms with E-state index in [1.54, 1.807) is 12.1 Å². The fourth-order valence-corrected chi connectivity index (χ4v) is 6.94. The predicted molar refractivity (Wildman–Crippen MR) is 143 cm³/mol. The quantitative estimate of drug-likeness (QED) is 0.398. The van der Waals surface area contributed by atoms with Gasteiger partial charge in [-0.15, -0.1) is 0 Å². The molecule has 10 nitrogen and oxygen atoms in total. The third kappa shape index (κ3) is 3.71. The molecule has 0 aromatic heterocycles. The lowest BCUT2D eigenvalue weighted by molar-refractivity contribution is -0.192. The van der Waals surface area contributed by atoms with Gasteiger partial charge in [-0.3, -0.25) is 28.9 Å². The van der Waals surface area contributed by atoms with Gasteiger partial charge < -0.3 is 21.1 Å². The summed E-state index contributed by atoms with van der Waals surface area (Å²) in [6, 6.07) is 8.65. The first-order valence-electron chi connectivity index (χ1n) is 12.9. The number of carbonyl (C=O) groups is 5. The molecule has 7 atom stereocenters. The van der Waals surface area contributed by atoms with Crippen LogP contribution in [-0.2, 0) is 19.2 Å². The third-order valence-corrected chi connectivity index (χ3v) is 8.44. The van der Waals surface area contributed by atoms with Crippen molar-refractivity contribution in [1.82, 2.24) is 4.90 Å². The maximum atomic E-state index is 14.2. The molecule has 0 heterocycles. The Bertz CT molecular complexity index is 1520. The highest BCUT2D eigenvalue weighted by atomic mass is 16.3. The Kier molecular flexibility index (Phi) is 6.41. The first-order chi connectivity index (χ1) is 18.7. The minimum Gasteiger partial charge on any atom is -0.507 e. The molecule has 0 radical (unpaired) electrons. The molecule has 0 bridgehead atoms. The number of fused-ring (bicyclic) bond motifs is 3. The first kappa shape index (κ1) is 27.6. The summed E-state index contributed by atoms with van der Waals surface area (Å²) < 4.78 is 0. The second-order valence-corrected chi connectivity index (χ2v) is 11.2. The zero-order chi connectivity index (χ0) is 29.4. The van der Waals surface area contributed by atoms with Gasteiger partial charge in [0.15, 0.2) is 34.7 Å². The van der Waals surface area contributed by atoms with Gasteiger partial charge in [0.2, 0.25) is 5.91 Å². The molecule has 2 unspecified atom stereocenters. The molecule has 2 saturated carbocycles. The summed E-state index contributed by atoms with van der Waals surface area (Å²) >= 11 is 0. The molecule has 5 rings (SSSR count). The van der Waals surface area contributed by atoms with Crippen molar-refractivity contribution in [1.29, 1.82) is 0 Å². The second-order valence-electron chi connectivity index (χ2n) is 11.2. The fourth-order valence-electron chi connectivity index (χ4n) is 6.94. The lowest BCUT2D eigenvalue weighted by Crippen LogP contribution is -2.77. The number of rotatable bonds is 3. The van der Waals surface area contributed by atoms with Crippen LogP contribution in [0.4, 0.5) is 0 Å². The number of nitrogens with two attached hydrogens (primary N) is 1. The van der Waals surface area contributed by atoms with Crippen molar-refractivity contribution < 1.29 is 39.3 Å². The highest BCUT2D eigenvalue weighted by Crippen LogP contribution is 2.54. The van der Waals surface area contributed by atoms with Crippen LogP contribution >= 0.6 is 0 Å². The van der Waals surface area contributed by atoms with Crippen LogP contribution in [0.25, 0.3) is 11.6 Å². The Morgan fingerprint density at radius 1 is 1.02 bits per heavy atom. The van der Waals surface area contributed by atoms with Crippen LogP contribution in [0, 0.1) is 37.5 Å². The molecule has 2 fully saturated rings. The molecule has 40 heavy (non-hydrogen) atoms. The Morgan fingerprint density at radius 2 is 1.65 bits per heavy atom. The molecule has 2 aromatic rings. The number of aliphatic hydroxyl groups is 2. The average Bonchev–Trinajstić information content (AvgIpc) is 2.84. The van der Waals surface area contributed by atoms with E-state index >= 15 is 0 Å². The van der Waals surface area contributed by atoms with Crippen LogP contribution in [-0.4, -0.2) is 81.1 Å². The van der Waals surface area contributed by atoms with Crippen molar-refractivity contribution in [3.63, 3.8) is 0 Å². The number of hydrogen-bond acceptors (Lipinski definition) is 9. The number of hydrogen-bond donors (Lipinski definition) is 4. The number of likely N-dealkylation sites (N-methyl/N-ethyl adjacent to an activating group) is 1. The number of ketones is 4. The number of phenolic OH excluding ortho intramolecular Hbond substituents is 1. The van der Waals surface area contributed by atoms with E-state index in [0.717, 1.165) is 11.1 Å². The van der Waals surface area contributed by atoms with E-state index in [4.69, 9.17) is 5.73 Å². The summed E-state index contributed by atoms with van der Waals surface area (Å²) in [4.78, 5) is 68.4. The Labute approximate surface area is 230 Å². The van der Waals surface area contributed by atoms with Gasteiger partial charge in [-0.25, -0.2) is 0 Å². The molecule has 10 heteroatoms. The smallest absolute Gasteiger partial charge is 0.235 e. The SMILES string of the molecule is Cc1cc(C)cc(C=C2c3cccc(O)c3C(=O)C3C(=O)[C@]4(O)C(=O)C(C(N)=O)C(=O)[C@@H](N(C)C)[C@@H]4[C@@H](O)[C@H]23)c1. The lowest BCUT2D eigenvalue weighted by Gasteiger charge is -2.55. The number of primary amides is 1. The van der Waals surface area contributed by atoms with Crippen LogP contribution < -0.4 is 5.73 Å². The molecular formula is C30H30N2O8. The van der Waals surface area contributed by atoms with Crippen molar-refractivity contribution in [2.45, 2.75) is 31.6 Å². The molecule has 3 aliphatic carbocycles. The summed E-state index contributed by atoms with van der Waals surface area (Å²) in [5.41, 5.74) is 5.31. The van der Waals surface area contributed by atoms with E-state index in [0.29, 0.717) is 11.1 Å². The second kappa shape index (κ2) is 9.29. The average molecular weight is 547 g/mol. The van der Waals surface area contributed by atoms with E-state index in [1.165, 1.54) is 31.1 Å². The summed E-state index contributed by atoms with van der Waals surface area (Å²) in [6.45, 7) is 3.80. The van der Waals surface area contributed by atoms with Crippen molar-refractivity contribution in [3.05, 3.63) is 64.2 Å². The highest BCUT2D eigenvalue weighted by Gasteiger charge is 2.72. The summed E-state index contributed by atoms with van der Waals surface area (Å²) in [7, 11) is 2.90. The summed E-state index contributed by atoms with van der Waals surface area (Å²) in [5, 5.41) is 34.4. The standard InChI is InChI=1S/C30H30N2O8/c1-12-8-13(2)10-14(9-12)11-16-15-6-5-7-17(33)18(15)24(34)20-19(16)25(35)22-23(32(3)4)26(36)21(29(31)39)28(38)30(22,40)27(20)37/h5-11,19-23,25,33,35,40H,1-4H3,(H2,31,39)/t19-,20?,21?,22-,23+,25+,30+/m1/s1. The van der Waals surface area contributed by atoms with Crippen molar-refractivity contribution in [3.8, 4) is 5.75 Å². The fraction of sp³-hybridized carbons (Fsp3) is 0.367. The molecule has 0 aliphatic heterocycles. The van der Waals surface area contributed by atoms with Crippen LogP contribution in [0.15, 0.2) is 36.4 Å². The van der Waals surface area contributed by atoms with Crippen LogP contribution in [0.5, 0.6) is 5.75 Å². The zero-order valence-electron chi connectivity index (χ0n) is 22.4. The van der Waals surface area contributed by atoms with E-state index in [1.807, 2.05) is 32.0 Å². The topological polar surface area (TPSA) is 175 Å². The Morgan fingerprint density at radius 3 is 2.23 bits per heavy atom. The summed E-state index contributed by atoms with van der Waals surface area (Å²) in [5.74, 6) is -13.1. The lowest BCUT2D eigenvalue weighted by atomic mass is 9.50. The largest absolute Gasteiger partial charge is 0.507 e. The number of Topliss-reactive ketones (excluding diaryl/α,β-unsaturated/α-hetero) is 4. The normalized spacial score (nSPS) is 32.6. The monoisotopic (exact) mass is 546 g/mol. The molecule has 3 aliphatic rings. The van der Waals surface area contributed by atoms with Gasteiger partial charge in [0.25, 0.3) is 0 Å². The number of benzene rings is 2. The molecule has 5 N–H and O–H groups in total. The molecule has 208 valence electrons. The first-order valence-corrected chi connectivity index (χ1v) is 12.9. The Balaban J connectivity index is 1.81. The molecule has 0 spiro atoms. The van der Waals surface area contributed by atoms with Gasteiger partial charge in [-0.05, 0) is 50.7 Å². The van der Waals surface area contributed by atoms with Crippen molar-refractivity contribution in [2.24, 2.45) is 29.4 Å². The number of carbonyl (C=O) groups excluding carboxylic acids is 5. The minimum atomic E-state index is -3.05. The van der Waals surface area contributed by atoms with Gasteiger partial charge in [-0.2, -0.15) is 0 Å². The number of aromatic hydroxyl groups is 1. The number of amides is 1. The van der Waals surface area contributed by atoms with Crippen molar-refractivity contribution >= 4 is 40.7 Å². The third-order valence-electron chi connectivity index (χ3n) is 8.44. The summed E-state index contributed by atoms with van der Waals surface area (Å²) in [6.07, 6.45) is -0.0505. The molecular weight excluding hydrogens is 516 g/mol. The van der Waals surface area contributed by atoms with Gasteiger partial charge in [-0.1, -0.05) is 47.5 Å². The van der Waals surface area contributed by atoms with Gasteiger partial charge >= 0.3 is 0 Å². The van der Waals surface area contributed by atoms with E-state index in [2.05, 4.69) is 0 Å². The van der Waals surface area contributed by atoms with Crippen LogP contribution in [0.2, 0.25) is 0 Å². The van der Waals surface area contributed by atoms with Crippen LogP contribution in [0.3, 0.4) is 0 Å². The van der Waals surface area contributed by atoms with E-state index in [9.17, 15) is 39.3 Å². The predicted octanol–water partition coefficient (Wildman–Crippen LogP) is 0.453. The molecule has 1 amide bonds. The van der Waals surface area contributed by atoms with Gasteiger partial charge in [0.1, 0.15) is 5.75 Å². The molecule has 2 aromatic carbocycles. The van der Waals surface area contributed by atoms with E-state index < -0.39 is 76.2 Å². The number of aliphatic hydroxyl groups excluding tert-OH is 1. The molecule has 0 saturated heterocycles. The van der Waals surface area contributed by atoms with Gasteiger partial charge in [0.05, 0.1) is 29.5 Å². The zero-order valence-corrected chi connectivity index (χ0v) is 22.4. The van der Waals surface area contributed by atoms with Crippen LogP contribution in [0.1, 0.15) is 32.6 Å². The number of phenols is 1. The maximum absolute atomic E-state index is 14.2. The van der Waals surface area contributed by atoms with Gasteiger partial charge in [0, 0.05) is 5.92 Å². The highest BCUT2D eigenvalue weighted by molar-refractivity contribution is 6.33. The number of aryl methyl sites for hydroxylation is 2. The Hall–Kier alpha value is -3.99. The van der Waals surface area contributed by atoms with Crippen molar-refractivity contribution in [2.75, 3.05) is 14.1 Å².